The van der Waals surface area contributed by atoms with Crippen LogP contribution in [0, 0.1) is 25.2 Å². The van der Waals surface area contributed by atoms with Crippen LogP contribution < -0.4 is 10.9 Å². The first-order valence-electron chi connectivity index (χ1n) is 5.58. The van der Waals surface area contributed by atoms with E-state index >= 15 is 0 Å². The van der Waals surface area contributed by atoms with Crippen molar-refractivity contribution in [2.24, 2.45) is 0 Å². The molecule has 1 aromatic heterocycles. The van der Waals surface area contributed by atoms with Crippen LogP contribution in [0.15, 0.2) is 35.1 Å². The molecule has 18 heavy (non-hydrogen) atoms. The molecule has 0 spiro atoms. The average Bonchev–Trinajstić information content (AvgIpc) is 2.32. The molecule has 90 valence electrons. The molecular weight excluding hydrogens is 226 g/mol. The highest BCUT2D eigenvalue weighted by molar-refractivity contribution is 5.66. The van der Waals surface area contributed by atoms with Crippen molar-refractivity contribution in [2.75, 3.05) is 5.32 Å². The molecule has 0 saturated heterocycles. The smallest absolute Gasteiger partial charge is 0.268 e. The third kappa shape index (κ3) is 2.41. The van der Waals surface area contributed by atoms with Crippen LogP contribution in [0.2, 0.25) is 0 Å². The number of aryl methyl sites for hydroxylation is 2. The predicted octanol–water partition coefficient (Wildman–Crippen LogP) is 2.61. The van der Waals surface area contributed by atoms with Crippen LogP contribution >= 0.6 is 0 Å². The molecule has 0 radical (unpaired) electrons. The van der Waals surface area contributed by atoms with Gasteiger partial charge in [0.1, 0.15) is 11.6 Å². The van der Waals surface area contributed by atoms with E-state index in [-0.39, 0.29) is 11.1 Å². The van der Waals surface area contributed by atoms with E-state index in [0.29, 0.717) is 11.4 Å². The first kappa shape index (κ1) is 11.9. The van der Waals surface area contributed by atoms with Crippen molar-refractivity contribution < 1.29 is 0 Å². The van der Waals surface area contributed by atoms with Gasteiger partial charge in [-0.05, 0) is 32.0 Å². The molecule has 0 unspecified atom stereocenters. The number of aromatic amines is 1. The minimum Gasteiger partial charge on any atom is -0.354 e. The van der Waals surface area contributed by atoms with Crippen molar-refractivity contribution in [3.05, 3.63) is 57.5 Å². The molecule has 0 fully saturated rings. The van der Waals surface area contributed by atoms with Gasteiger partial charge < -0.3 is 10.3 Å². The monoisotopic (exact) mass is 239 g/mol. The van der Waals surface area contributed by atoms with E-state index in [0.717, 1.165) is 11.3 Å². The fourth-order valence-corrected chi connectivity index (χ4v) is 1.69. The molecule has 0 atom stereocenters. The average molecular weight is 239 g/mol. The van der Waals surface area contributed by atoms with Crippen molar-refractivity contribution in [3.63, 3.8) is 0 Å². The number of pyridine rings is 1. The predicted molar refractivity (Wildman–Crippen MR) is 71.0 cm³/mol. The van der Waals surface area contributed by atoms with Gasteiger partial charge >= 0.3 is 0 Å². The summed E-state index contributed by atoms with van der Waals surface area (Å²) in [6.07, 6.45) is 0. The Morgan fingerprint density at radius 1 is 1.22 bits per heavy atom. The van der Waals surface area contributed by atoms with E-state index in [1.807, 2.05) is 37.3 Å². The Morgan fingerprint density at radius 3 is 2.50 bits per heavy atom. The van der Waals surface area contributed by atoms with Crippen LogP contribution in [0.1, 0.15) is 16.8 Å². The van der Waals surface area contributed by atoms with Crippen LogP contribution in [-0.2, 0) is 0 Å². The van der Waals surface area contributed by atoms with E-state index in [9.17, 15) is 4.79 Å². The Balaban J connectivity index is 2.43. The normalized spacial score (nSPS) is 9.83. The van der Waals surface area contributed by atoms with Crippen LogP contribution in [0.25, 0.3) is 0 Å². The number of rotatable bonds is 2. The summed E-state index contributed by atoms with van der Waals surface area (Å²) in [6, 6.07) is 11.4. The van der Waals surface area contributed by atoms with Crippen molar-refractivity contribution >= 4 is 11.4 Å². The van der Waals surface area contributed by atoms with Crippen molar-refractivity contribution in [3.8, 4) is 6.07 Å². The largest absolute Gasteiger partial charge is 0.354 e. The Morgan fingerprint density at radius 2 is 1.89 bits per heavy atom. The first-order chi connectivity index (χ1) is 8.60. The lowest BCUT2D eigenvalue weighted by Gasteiger charge is -2.08. The summed E-state index contributed by atoms with van der Waals surface area (Å²) in [5, 5.41) is 12.1. The lowest BCUT2D eigenvalue weighted by atomic mass is 10.2. The van der Waals surface area contributed by atoms with E-state index in [1.165, 1.54) is 0 Å². The molecule has 0 amide bonds. The van der Waals surface area contributed by atoms with E-state index in [2.05, 4.69) is 10.3 Å². The van der Waals surface area contributed by atoms with Gasteiger partial charge in [-0.1, -0.05) is 17.7 Å². The zero-order chi connectivity index (χ0) is 13.1. The highest BCUT2D eigenvalue weighted by atomic mass is 16.1. The quantitative estimate of drug-likeness (QED) is 0.846. The number of benzene rings is 1. The molecule has 0 aliphatic rings. The third-order valence-electron chi connectivity index (χ3n) is 2.61. The number of nitriles is 1. The van der Waals surface area contributed by atoms with E-state index < -0.39 is 0 Å². The van der Waals surface area contributed by atoms with Crippen LogP contribution in [0.3, 0.4) is 0 Å². The lowest BCUT2D eigenvalue weighted by Crippen LogP contribution is -2.13. The number of anilines is 2. The van der Waals surface area contributed by atoms with Crippen LogP contribution in [-0.4, -0.2) is 4.98 Å². The molecule has 2 rings (SSSR count). The third-order valence-corrected chi connectivity index (χ3v) is 2.61. The molecule has 0 bridgehead atoms. The van der Waals surface area contributed by atoms with Gasteiger partial charge in [0.05, 0.1) is 5.69 Å². The Bertz CT molecular complexity index is 663. The van der Waals surface area contributed by atoms with Gasteiger partial charge in [-0.25, -0.2) is 0 Å². The fourth-order valence-electron chi connectivity index (χ4n) is 1.69. The molecule has 1 aromatic carbocycles. The molecule has 4 nitrogen and oxygen atoms in total. The number of H-pyrrole nitrogens is 1. The van der Waals surface area contributed by atoms with Gasteiger partial charge in [0.2, 0.25) is 0 Å². The summed E-state index contributed by atoms with van der Waals surface area (Å²) < 4.78 is 0. The summed E-state index contributed by atoms with van der Waals surface area (Å²) in [5.74, 6) is 0. The number of nitrogens with zero attached hydrogens (tertiary/aromatic N) is 1. The second-order valence-corrected chi connectivity index (χ2v) is 4.17. The number of hydrogen-bond donors (Lipinski definition) is 2. The zero-order valence-electron chi connectivity index (χ0n) is 10.2. The lowest BCUT2D eigenvalue weighted by molar-refractivity contribution is 1.13. The molecule has 1 heterocycles. The summed E-state index contributed by atoms with van der Waals surface area (Å²) >= 11 is 0. The Kier molecular flexibility index (Phi) is 3.16. The van der Waals surface area contributed by atoms with Crippen molar-refractivity contribution in [1.29, 1.82) is 5.26 Å². The molecule has 4 heteroatoms. The molecule has 0 saturated carbocycles. The second kappa shape index (κ2) is 4.76. The van der Waals surface area contributed by atoms with Gasteiger partial charge in [0.25, 0.3) is 5.56 Å². The maximum Gasteiger partial charge on any atom is 0.268 e. The van der Waals surface area contributed by atoms with Crippen LogP contribution in [0.5, 0.6) is 0 Å². The maximum atomic E-state index is 11.6. The van der Waals surface area contributed by atoms with E-state index in [1.54, 1.807) is 13.0 Å². The van der Waals surface area contributed by atoms with Crippen molar-refractivity contribution in [2.45, 2.75) is 13.8 Å². The topological polar surface area (TPSA) is 68.7 Å². The highest BCUT2D eigenvalue weighted by Gasteiger charge is 2.07. The minimum absolute atomic E-state index is 0.0983. The van der Waals surface area contributed by atoms with Crippen LogP contribution in [0.4, 0.5) is 11.4 Å². The van der Waals surface area contributed by atoms with Gasteiger partial charge in [-0.2, -0.15) is 5.26 Å². The van der Waals surface area contributed by atoms with Gasteiger partial charge in [-0.15, -0.1) is 0 Å². The number of hydrogen-bond acceptors (Lipinski definition) is 3. The van der Waals surface area contributed by atoms with Gasteiger partial charge in [0.15, 0.2) is 0 Å². The molecule has 0 aliphatic heterocycles. The minimum atomic E-state index is -0.368. The zero-order valence-corrected chi connectivity index (χ0v) is 10.2. The summed E-state index contributed by atoms with van der Waals surface area (Å²) in [5.41, 5.74) is 2.98. The summed E-state index contributed by atoms with van der Waals surface area (Å²) in [6.45, 7) is 3.78. The first-order valence-corrected chi connectivity index (χ1v) is 5.58. The maximum absolute atomic E-state index is 11.6. The molecule has 2 N–H and O–H groups in total. The standard InChI is InChI=1S/C14H13N3O/c1-9-3-5-11(6-4-9)17-13-7-10(2)16-14(18)12(13)8-15/h3-7H,1-2H3,(H2,16,17,18). The van der Waals surface area contributed by atoms with Crippen molar-refractivity contribution in [1.82, 2.24) is 4.98 Å². The Labute approximate surface area is 105 Å². The summed E-state index contributed by atoms with van der Waals surface area (Å²) in [7, 11) is 0. The fraction of sp³-hybridized carbons (Fsp3) is 0.143. The van der Waals surface area contributed by atoms with Gasteiger partial charge in [-0.3, -0.25) is 4.79 Å². The van der Waals surface area contributed by atoms with E-state index in [4.69, 9.17) is 5.26 Å². The Hall–Kier alpha value is -2.54. The molecular formula is C14H13N3O. The SMILES string of the molecule is Cc1ccc(Nc2cc(C)[nH]c(=O)c2C#N)cc1. The summed E-state index contributed by atoms with van der Waals surface area (Å²) in [4.78, 5) is 14.2. The second-order valence-electron chi connectivity index (χ2n) is 4.17. The highest BCUT2D eigenvalue weighted by Crippen LogP contribution is 2.19. The molecule has 0 aliphatic carbocycles. The number of nitrogens with one attached hydrogen (secondary N) is 2. The number of aromatic nitrogens is 1. The molecule has 2 aromatic rings. The van der Waals surface area contributed by atoms with Gasteiger partial charge in [0, 0.05) is 11.4 Å².